The van der Waals surface area contributed by atoms with Crippen molar-refractivity contribution in [3.8, 4) is 22.4 Å². The summed E-state index contributed by atoms with van der Waals surface area (Å²) in [6.45, 7) is 4.24. The van der Waals surface area contributed by atoms with Crippen LogP contribution < -0.4 is 0 Å². The first-order valence-electron chi connectivity index (χ1n) is 8.40. The highest BCUT2D eigenvalue weighted by Crippen LogP contribution is 2.31. The third-order valence-corrected chi connectivity index (χ3v) is 4.01. The molecule has 0 atom stereocenters. The van der Waals surface area contributed by atoms with Crippen LogP contribution in [0.4, 0.5) is 0 Å². The number of carbonyl (C=O) groups is 1. The minimum Gasteiger partial charge on any atom is -0.461 e. The zero-order chi connectivity index (χ0) is 17.6. The molecular weight excluding hydrogens is 312 g/mol. The van der Waals surface area contributed by atoms with E-state index in [0.717, 1.165) is 28.8 Å². The van der Waals surface area contributed by atoms with Crippen LogP contribution in [0.25, 0.3) is 22.4 Å². The Balaban J connectivity index is 2.12. The van der Waals surface area contributed by atoms with Gasteiger partial charge in [-0.25, -0.2) is 9.78 Å². The third kappa shape index (κ3) is 3.74. The van der Waals surface area contributed by atoms with E-state index in [1.807, 2.05) is 18.2 Å². The van der Waals surface area contributed by atoms with E-state index in [1.54, 1.807) is 25.4 Å². The van der Waals surface area contributed by atoms with Crippen LogP contribution in [0.15, 0.2) is 60.9 Å². The Bertz CT molecular complexity index is 859. The Morgan fingerprint density at radius 3 is 2.28 bits per heavy atom. The number of carbonyl (C=O) groups excluding carboxylic acids is 1. The molecule has 0 saturated carbocycles. The lowest BCUT2D eigenvalue weighted by Crippen LogP contribution is -2.08. The number of hydrogen-bond acceptors (Lipinski definition) is 4. The average molecular weight is 332 g/mol. The lowest BCUT2D eigenvalue weighted by molar-refractivity contribution is 0.0519. The number of pyridine rings is 2. The van der Waals surface area contributed by atoms with Gasteiger partial charge < -0.3 is 4.74 Å². The number of rotatable bonds is 5. The van der Waals surface area contributed by atoms with Gasteiger partial charge in [0.15, 0.2) is 0 Å². The molecular formula is C21H20N2O2. The molecule has 0 amide bonds. The van der Waals surface area contributed by atoms with Crippen molar-refractivity contribution in [2.75, 3.05) is 6.61 Å². The lowest BCUT2D eigenvalue weighted by atomic mass is 9.98. The van der Waals surface area contributed by atoms with E-state index in [1.165, 1.54) is 5.56 Å². The molecule has 25 heavy (non-hydrogen) atoms. The maximum Gasteiger partial charge on any atom is 0.356 e. The van der Waals surface area contributed by atoms with Gasteiger partial charge in [-0.15, -0.1) is 0 Å². The third-order valence-electron chi connectivity index (χ3n) is 4.01. The van der Waals surface area contributed by atoms with Crippen LogP contribution in [0.2, 0.25) is 0 Å². The normalized spacial score (nSPS) is 10.5. The first kappa shape index (κ1) is 16.8. The highest BCUT2D eigenvalue weighted by molar-refractivity contribution is 5.90. The highest BCUT2D eigenvalue weighted by atomic mass is 16.5. The van der Waals surface area contributed by atoms with Gasteiger partial charge in [-0.1, -0.05) is 31.2 Å². The monoisotopic (exact) mass is 332 g/mol. The fourth-order valence-electron chi connectivity index (χ4n) is 2.66. The van der Waals surface area contributed by atoms with Gasteiger partial charge in [0.1, 0.15) is 5.69 Å². The number of aromatic nitrogens is 2. The summed E-state index contributed by atoms with van der Waals surface area (Å²) in [5, 5.41) is 0. The van der Waals surface area contributed by atoms with Crippen LogP contribution >= 0.6 is 0 Å². The molecule has 0 spiro atoms. The largest absolute Gasteiger partial charge is 0.461 e. The second-order valence-corrected chi connectivity index (χ2v) is 5.60. The number of hydrogen-bond donors (Lipinski definition) is 0. The smallest absolute Gasteiger partial charge is 0.356 e. The zero-order valence-electron chi connectivity index (χ0n) is 14.4. The van der Waals surface area contributed by atoms with Crippen LogP contribution in [0.1, 0.15) is 29.9 Å². The fourth-order valence-corrected chi connectivity index (χ4v) is 2.66. The van der Waals surface area contributed by atoms with Gasteiger partial charge in [0.05, 0.1) is 12.3 Å². The SMILES string of the molecule is CCOC(=O)c1ccc(-c2ccc(CC)cc2)c(-c2ccncc2)n1. The molecule has 0 aliphatic rings. The van der Waals surface area contributed by atoms with E-state index in [4.69, 9.17) is 4.74 Å². The molecule has 2 aromatic heterocycles. The van der Waals surface area contributed by atoms with E-state index in [2.05, 4.69) is 41.2 Å². The minimum atomic E-state index is -0.411. The van der Waals surface area contributed by atoms with E-state index in [9.17, 15) is 4.79 Å². The zero-order valence-corrected chi connectivity index (χ0v) is 14.4. The molecule has 2 heterocycles. The van der Waals surface area contributed by atoms with E-state index < -0.39 is 5.97 Å². The molecule has 0 bridgehead atoms. The highest BCUT2D eigenvalue weighted by Gasteiger charge is 2.15. The number of aryl methyl sites for hydroxylation is 1. The van der Waals surface area contributed by atoms with Gasteiger partial charge in [-0.3, -0.25) is 4.98 Å². The van der Waals surface area contributed by atoms with Crippen molar-refractivity contribution in [2.24, 2.45) is 0 Å². The molecule has 0 unspecified atom stereocenters. The van der Waals surface area contributed by atoms with Gasteiger partial charge in [0, 0.05) is 23.5 Å². The molecule has 0 N–H and O–H groups in total. The maximum atomic E-state index is 12.1. The second-order valence-electron chi connectivity index (χ2n) is 5.60. The van der Waals surface area contributed by atoms with Crippen molar-refractivity contribution in [3.63, 3.8) is 0 Å². The fraction of sp³-hybridized carbons (Fsp3) is 0.190. The van der Waals surface area contributed by atoms with Crippen LogP contribution in [0.5, 0.6) is 0 Å². The second kappa shape index (κ2) is 7.71. The molecule has 126 valence electrons. The summed E-state index contributed by atoms with van der Waals surface area (Å²) in [5.41, 5.74) is 5.29. The van der Waals surface area contributed by atoms with E-state index in [-0.39, 0.29) is 0 Å². The Labute approximate surface area is 147 Å². The molecule has 0 aliphatic carbocycles. The van der Waals surface area contributed by atoms with Crippen LogP contribution in [0.3, 0.4) is 0 Å². The van der Waals surface area contributed by atoms with Crippen molar-refractivity contribution < 1.29 is 9.53 Å². The Kier molecular flexibility index (Phi) is 5.19. The quantitative estimate of drug-likeness (QED) is 0.643. The summed E-state index contributed by atoms with van der Waals surface area (Å²) in [7, 11) is 0. The number of ether oxygens (including phenoxy) is 1. The van der Waals surface area contributed by atoms with Gasteiger partial charge >= 0.3 is 5.97 Å². The summed E-state index contributed by atoms with van der Waals surface area (Å²) in [5.74, 6) is -0.411. The summed E-state index contributed by atoms with van der Waals surface area (Å²) < 4.78 is 5.08. The van der Waals surface area contributed by atoms with Crippen molar-refractivity contribution in [1.82, 2.24) is 9.97 Å². The van der Waals surface area contributed by atoms with Crippen molar-refractivity contribution >= 4 is 5.97 Å². The Morgan fingerprint density at radius 2 is 1.64 bits per heavy atom. The summed E-state index contributed by atoms with van der Waals surface area (Å²) in [4.78, 5) is 20.7. The topological polar surface area (TPSA) is 52.1 Å². The first-order chi connectivity index (χ1) is 12.2. The van der Waals surface area contributed by atoms with Crippen molar-refractivity contribution in [3.05, 3.63) is 72.2 Å². The van der Waals surface area contributed by atoms with Gasteiger partial charge in [-0.2, -0.15) is 0 Å². The average Bonchev–Trinajstić information content (AvgIpc) is 2.68. The molecule has 0 radical (unpaired) electrons. The van der Waals surface area contributed by atoms with E-state index in [0.29, 0.717) is 12.3 Å². The van der Waals surface area contributed by atoms with Gasteiger partial charge in [0.2, 0.25) is 0 Å². The Hall–Kier alpha value is -3.01. The lowest BCUT2D eigenvalue weighted by Gasteiger charge is -2.11. The number of esters is 1. The molecule has 0 aliphatic heterocycles. The molecule has 4 heteroatoms. The number of benzene rings is 1. The van der Waals surface area contributed by atoms with Crippen LogP contribution in [0, 0.1) is 0 Å². The molecule has 3 aromatic rings. The predicted molar refractivity (Wildman–Crippen MR) is 98.2 cm³/mol. The van der Waals surface area contributed by atoms with Crippen LogP contribution in [-0.4, -0.2) is 22.5 Å². The standard InChI is InChI=1S/C21H20N2O2/c1-3-15-5-7-16(8-6-15)18-9-10-19(21(24)25-4-2)23-20(18)17-11-13-22-14-12-17/h5-14H,3-4H2,1-2H3. The molecule has 3 rings (SSSR count). The minimum absolute atomic E-state index is 0.308. The molecule has 0 fully saturated rings. The Morgan fingerprint density at radius 1 is 0.920 bits per heavy atom. The molecule has 4 nitrogen and oxygen atoms in total. The van der Waals surface area contributed by atoms with E-state index >= 15 is 0 Å². The van der Waals surface area contributed by atoms with Crippen molar-refractivity contribution in [1.29, 1.82) is 0 Å². The van der Waals surface area contributed by atoms with Gasteiger partial charge in [-0.05, 0) is 48.7 Å². The molecule has 0 saturated heterocycles. The first-order valence-corrected chi connectivity index (χ1v) is 8.40. The van der Waals surface area contributed by atoms with Crippen LogP contribution in [-0.2, 0) is 11.2 Å². The number of nitrogens with zero attached hydrogens (tertiary/aromatic N) is 2. The summed E-state index contributed by atoms with van der Waals surface area (Å²) in [6, 6.07) is 15.8. The summed E-state index contributed by atoms with van der Waals surface area (Å²) >= 11 is 0. The predicted octanol–water partition coefficient (Wildman–Crippen LogP) is 4.55. The summed E-state index contributed by atoms with van der Waals surface area (Å²) in [6.07, 6.45) is 4.44. The molecule has 1 aromatic carbocycles. The maximum absolute atomic E-state index is 12.1. The van der Waals surface area contributed by atoms with Gasteiger partial charge in [0.25, 0.3) is 0 Å². The van der Waals surface area contributed by atoms with Crippen molar-refractivity contribution in [2.45, 2.75) is 20.3 Å².